The summed E-state index contributed by atoms with van der Waals surface area (Å²) in [5.41, 5.74) is 0.500. The molecule has 3 N–H and O–H groups in total. The highest BCUT2D eigenvalue weighted by Crippen LogP contribution is 2.60. The normalized spacial score (nSPS) is 38.0. The van der Waals surface area contributed by atoms with Crippen LogP contribution in [-0.2, 0) is 4.79 Å². The van der Waals surface area contributed by atoms with E-state index in [1.165, 1.54) is 0 Å². The van der Waals surface area contributed by atoms with E-state index >= 15 is 0 Å². The Morgan fingerprint density at radius 3 is 2.52 bits per heavy atom. The monoisotopic (exact) mass is 397 g/mol. The fourth-order valence-corrected chi connectivity index (χ4v) is 6.62. The van der Waals surface area contributed by atoms with E-state index in [0.29, 0.717) is 30.8 Å². The Hall–Kier alpha value is -2.08. The highest BCUT2D eigenvalue weighted by atomic mass is 16.3. The predicted octanol–water partition coefficient (Wildman–Crippen LogP) is 2.99. The SMILES string of the molecule is O=C(Nc1ccccc1)N1CCCC(NC(=O)C23CC4CC(C2)C(O)C(C4)C3)C1. The lowest BCUT2D eigenvalue weighted by atomic mass is 9.48. The summed E-state index contributed by atoms with van der Waals surface area (Å²) in [6.45, 7) is 1.27. The topological polar surface area (TPSA) is 81.7 Å². The molecule has 4 aliphatic carbocycles. The molecule has 5 aliphatic rings. The highest BCUT2D eigenvalue weighted by molar-refractivity contribution is 5.89. The molecule has 1 aromatic carbocycles. The van der Waals surface area contributed by atoms with E-state index < -0.39 is 0 Å². The lowest BCUT2D eigenvalue weighted by Crippen LogP contribution is -2.60. The molecule has 3 amide bonds. The molecule has 6 rings (SSSR count). The third kappa shape index (κ3) is 3.52. The van der Waals surface area contributed by atoms with E-state index in [9.17, 15) is 14.7 Å². The van der Waals surface area contributed by atoms with Crippen molar-refractivity contribution in [1.82, 2.24) is 10.2 Å². The van der Waals surface area contributed by atoms with Crippen molar-refractivity contribution < 1.29 is 14.7 Å². The van der Waals surface area contributed by atoms with Crippen molar-refractivity contribution in [1.29, 1.82) is 0 Å². The molecule has 1 aromatic rings. The number of carbonyl (C=O) groups excluding carboxylic acids is 2. The van der Waals surface area contributed by atoms with Gasteiger partial charge in [-0.25, -0.2) is 4.79 Å². The molecule has 0 spiro atoms. The van der Waals surface area contributed by atoms with Crippen LogP contribution >= 0.6 is 0 Å². The van der Waals surface area contributed by atoms with Crippen molar-refractivity contribution in [2.75, 3.05) is 18.4 Å². The fourth-order valence-electron chi connectivity index (χ4n) is 6.62. The lowest BCUT2D eigenvalue weighted by molar-refractivity contribution is -0.163. The van der Waals surface area contributed by atoms with Crippen LogP contribution in [0.2, 0.25) is 0 Å². The van der Waals surface area contributed by atoms with Crippen LogP contribution in [-0.4, -0.2) is 47.2 Å². The van der Waals surface area contributed by atoms with E-state index in [1.54, 1.807) is 0 Å². The molecular formula is C23H31N3O3. The molecule has 4 bridgehead atoms. The summed E-state index contributed by atoms with van der Waals surface area (Å²) in [4.78, 5) is 27.8. The van der Waals surface area contributed by atoms with Crippen molar-refractivity contribution >= 4 is 17.6 Å². The van der Waals surface area contributed by atoms with Gasteiger partial charge in [0.2, 0.25) is 5.91 Å². The van der Waals surface area contributed by atoms with Gasteiger partial charge >= 0.3 is 6.03 Å². The largest absolute Gasteiger partial charge is 0.393 e. The Morgan fingerprint density at radius 2 is 1.79 bits per heavy atom. The zero-order valence-corrected chi connectivity index (χ0v) is 16.8. The van der Waals surface area contributed by atoms with E-state index in [1.807, 2.05) is 35.2 Å². The second-order valence-electron chi connectivity index (χ2n) is 9.80. The van der Waals surface area contributed by atoms with E-state index in [-0.39, 0.29) is 29.5 Å². The van der Waals surface area contributed by atoms with Gasteiger partial charge in [0.05, 0.1) is 11.5 Å². The number of likely N-dealkylation sites (tertiary alicyclic amines) is 1. The van der Waals surface area contributed by atoms with Crippen molar-refractivity contribution in [2.45, 2.75) is 57.1 Å². The second-order valence-corrected chi connectivity index (χ2v) is 9.80. The Bertz CT molecular complexity index is 767. The summed E-state index contributed by atoms with van der Waals surface area (Å²) in [5, 5.41) is 16.7. The van der Waals surface area contributed by atoms with Crippen LogP contribution in [0.5, 0.6) is 0 Å². The number of rotatable bonds is 3. The first-order valence-corrected chi connectivity index (χ1v) is 11.1. The van der Waals surface area contributed by atoms with Gasteiger partial charge in [0.1, 0.15) is 0 Å². The van der Waals surface area contributed by atoms with Gasteiger partial charge in [0, 0.05) is 24.8 Å². The van der Waals surface area contributed by atoms with Crippen LogP contribution in [0.15, 0.2) is 30.3 Å². The molecule has 29 heavy (non-hydrogen) atoms. The molecule has 3 unspecified atom stereocenters. The number of piperidine rings is 1. The summed E-state index contributed by atoms with van der Waals surface area (Å²) in [5.74, 6) is 1.36. The van der Waals surface area contributed by atoms with E-state index in [4.69, 9.17) is 0 Å². The molecule has 6 nitrogen and oxygen atoms in total. The highest BCUT2D eigenvalue weighted by Gasteiger charge is 2.58. The third-order valence-corrected chi connectivity index (χ3v) is 7.77. The number of aliphatic hydroxyl groups is 1. The zero-order valence-electron chi connectivity index (χ0n) is 16.8. The maximum absolute atomic E-state index is 13.3. The average molecular weight is 398 g/mol. The molecule has 3 atom stereocenters. The number of nitrogens with one attached hydrogen (secondary N) is 2. The molecule has 4 saturated carbocycles. The lowest BCUT2D eigenvalue weighted by Gasteiger charge is -2.58. The van der Waals surface area contributed by atoms with Gasteiger partial charge in [0.15, 0.2) is 0 Å². The number of amides is 3. The van der Waals surface area contributed by atoms with Gasteiger partial charge in [-0.05, 0) is 74.8 Å². The third-order valence-electron chi connectivity index (χ3n) is 7.77. The Kier molecular flexibility index (Phi) is 4.77. The van der Waals surface area contributed by atoms with Crippen LogP contribution in [0, 0.1) is 23.2 Å². The van der Waals surface area contributed by atoms with Crippen molar-refractivity contribution in [3.05, 3.63) is 30.3 Å². The molecule has 5 fully saturated rings. The van der Waals surface area contributed by atoms with Crippen molar-refractivity contribution in [2.24, 2.45) is 23.2 Å². The van der Waals surface area contributed by atoms with Crippen LogP contribution in [0.1, 0.15) is 44.9 Å². The van der Waals surface area contributed by atoms with Crippen LogP contribution in [0.3, 0.4) is 0 Å². The molecular weight excluding hydrogens is 366 g/mol. The van der Waals surface area contributed by atoms with Crippen molar-refractivity contribution in [3.8, 4) is 0 Å². The molecule has 0 aromatic heterocycles. The number of benzene rings is 1. The maximum atomic E-state index is 13.3. The van der Waals surface area contributed by atoms with Crippen molar-refractivity contribution in [3.63, 3.8) is 0 Å². The first kappa shape index (κ1) is 18.9. The Labute approximate surface area is 172 Å². The standard InChI is InChI=1S/C23H31N3O3/c27-20-16-9-15-10-17(20)13-23(11-15,12-16)21(28)24-19-7-4-8-26(14-19)22(29)25-18-5-2-1-3-6-18/h1-3,5-6,15-17,19-20,27H,4,7-14H2,(H,24,28)(H,25,29). The molecule has 1 saturated heterocycles. The van der Waals surface area contributed by atoms with Gasteiger partial charge in [-0.3, -0.25) is 4.79 Å². The van der Waals surface area contributed by atoms with E-state index in [2.05, 4.69) is 10.6 Å². The van der Waals surface area contributed by atoms with Gasteiger partial charge < -0.3 is 20.6 Å². The Balaban J connectivity index is 1.21. The number of anilines is 1. The van der Waals surface area contributed by atoms with Gasteiger partial charge in [-0.2, -0.15) is 0 Å². The zero-order chi connectivity index (χ0) is 20.0. The van der Waals surface area contributed by atoms with Crippen LogP contribution in [0.25, 0.3) is 0 Å². The summed E-state index contributed by atoms with van der Waals surface area (Å²) in [6, 6.07) is 9.38. The quantitative estimate of drug-likeness (QED) is 0.733. The number of hydrogen-bond acceptors (Lipinski definition) is 3. The summed E-state index contributed by atoms with van der Waals surface area (Å²) >= 11 is 0. The molecule has 1 aliphatic heterocycles. The number of carbonyl (C=O) groups is 2. The minimum absolute atomic E-state index is 0.00991. The molecule has 1 heterocycles. The second kappa shape index (κ2) is 7.31. The van der Waals surface area contributed by atoms with Gasteiger partial charge in [0.25, 0.3) is 0 Å². The van der Waals surface area contributed by atoms with E-state index in [0.717, 1.165) is 50.6 Å². The maximum Gasteiger partial charge on any atom is 0.321 e. The fraction of sp³-hybridized carbons (Fsp3) is 0.652. The predicted molar refractivity (Wildman–Crippen MR) is 110 cm³/mol. The minimum atomic E-state index is -0.287. The number of aliphatic hydroxyl groups excluding tert-OH is 1. The van der Waals surface area contributed by atoms with Gasteiger partial charge in [-0.1, -0.05) is 18.2 Å². The molecule has 6 heteroatoms. The summed E-state index contributed by atoms with van der Waals surface area (Å²) in [7, 11) is 0. The number of hydrogen-bond donors (Lipinski definition) is 3. The van der Waals surface area contributed by atoms with Gasteiger partial charge in [-0.15, -0.1) is 0 Å². The first-order valence-electron chi connectivity index (χ1n) is 11.1. The van der Waals surface area contributed by atoms with Crippen LogP contribution < -0.4 is 10.6 Å². The summed E-state index contributed by atoms with van der Waals surface area (Å²) < 4.78 is 0. The first-order chi connectivity index (χ1) is 14.0. The minimum Gasteiger partial charge on any atom is -0.393 e. The summed E-state index contributed by atoms with van der Waals surface area (Å²) in [6.07, 6.45) is 6.41. The number of urea groups is 1. The Morgan fingerprint density at radius 1 is 1.07 bits per heavy atom. The molecule has 0 radical (unpaired) electrons. The number of para-hydroxylation sites is 1. The average Bonchev–Trinajstić information content (AvgIpc) is 2.72. The number of nitrogens with zero attached hydrogens (tertiary/aromatic N) is 1. The van der Waals surface area contributed by atoms with Crippen LogP contribution in [0.4, 0.5) is 10.5 Å². The molecule has 156 valence electrons. The smallest absolute Gasteiger partial charge is 0.321 e.